The van der Waals surface area contributed by atoms with Crippen LogP contribution < -0.4 is 5.73 Å². The summed E-state index contributed by atoms with van der Waals surface area (Å²) >= 11 is 6.26. The van der Waals surface area contributed by atoms with Crippen LogP contribution in [0, 0.1) is 5.92 Å². The zero-order chi connectivity index (χ0) is 13.7. The molecule has 0 bridgehead atoms. The molecule has 1 atom stereocenters. The highest BCUT2D eigenvalue weighted by Crippen LogP contribution is 2.32. The predicted octanol–water partition coefficient (Wildman–Crippen LogP) is 4.31. The maximum atomic E-state index is 6.41. The number of nitrogens with two attached hydrogens (primary N) is 1. The summed E-state index contributed by atoms with van der Waals surface area (Å²) in [5, 5.41) is 5.07. The van der Waals surface area contributed by atoms with E-state index in [1.54, 1.807) is 6.20 Å². The fraction of sp³-hybridized carbons (Fsp3) is 0.800. The molecular weight excluding hydrogens is 258 g/mol. The Morgan fingerprint density at radius 3 is 2.68 bits per heavy atom. The number of hydrogen-bond acceptors (Lipinski definition) is 2. The molecule has 19 heavy (non-hydrogen) atoms. The summed E-state index contributed by atoms with van der Waals surface area (Å²) in [6.45, 7) is 3.05. The van der Waals surface area contributed by atoms with Crippen molar-refractivity contribution >= 4 is 11.6 Å². The highest BCUT2D eigenvalue weighted by molar-refractivity contribution is 6.31. The van der Waals surface area contributed by atoms with Gasteiger partial charge in [0.15, 0.2) is 0 Å². The normalized spacial score (nSPS) is 19.3. The quantitative estimate of drug-likeness (QED) is 0.819. The van der Waals surface area contributed by atoms with Crippen LogP contribution in [0.4, 0.5) is 0 Å². The van der Waals surface area contributed by atoms with Crippen molar-refractivity contribution in [3.63, 3.8) is 0 Å². The molecule has 1 aliphatic carbocycles. The van der Waals surface area contributed by atoms with Gasteiger partial charge in [0.25, 0.3) is 0 Å². The number of aryl methyl sites for hydroxylation is 1. The summed E-state index contributed by atoms with van der Waals surface area (Å²) in [6, 6.07) is 0.0321. The van der Waals surface area contributed by atoms with Gasteiger partial charge in [-0.3, -0.25) is 4.68 Å². The molecule has 1 fully saturated rings. The second kappa shape index (κ2) is 7.30. The number of hydrogen-bond donors (Lipinski definition) is 1. The average Bonchev–Trinajstić information content (AvgIpc) is 2.61. The van der Waals surface area contributed by atoms with E-state index in [9.17, 15) is 0 Å². The molecule has 2 rings (SSSR count). The van der Waals surface area contributed by atoms with Crippen LogP contribution in [0.3, 0.4) is 0 Å². The first-order valence-corrected chi connectivity index (χ1v) is 8.07. The van der Waals surface area contributed by atoms with Crippen molar-refractivity contribution in [2.45, 2.75) is 70.9 Å². The third kappa shape index (κ3) is 3.96. The monoisotopic (exact) mass is 283 g/mol. The third-order valence-electron chi connectivity index (χ3n) is 4.18. The van der Waals surface area contributed by atoms with E-state index in [-0.39, 0.29) is 6.04 Å². The van der Waals surface area contributed by atoms with Gasteiger partial charge in [0, 0.05) is 12.6 Å². The Balaban J connectivity index is 2.01. The molecule has 1 aliphatic rings. The Hall–Kier alpha value is -0.540. The van der Waals surface area contributed by atoms with Crippen LogP contribution in [0.1, 0.15) is 70.0 Å². The van der Waals surface area contributed by atoms with Gasteiger partial charge < -0.3 is 5.73 Å². The molecule has 0 aliphatic heterocycles. The first-order valence-electron chi connectivity index (χ1n) is 7.69. The van der Waals surface area contributed by atoms with Crippen molar-refractivity contribution in [3.8, 4) is 0 Å². The highest BCUT2D eigenvalue weighted by atomic mass is 35.5. The van der Waals surface area contributed by atoms with Crippen LogP contribution in [0.5, 0.6) is 0 Å². The lowest BCUT2D eigenvalue weighted by Gasteiger charge is -2.20. The number of rotatable bonds is 5. The van der Waals surface area contributed by atoms with Crippen molar-refractivity contribution in [2.75, 3.05) is 0 Å². The van der Waals surface area contributed by atoms with E-state index in [0.717, 1.165) is 36.0 Å². The van der Waals surface area contributed by atoms with E-state index < -0.39 is 0 Å². The van der Waals surface area contributed by atoms with Crippen LogP contribution in [0.15, 0.2) is 6.20 Å². The molecular formula is C15H26ClN3. The van der Waals surface area contributed by atoms with Gasteiger partial charge in [-0.2, -0.15) is 5.10 Å². The van der Waals surface area contributed by atoms with E-state index in [2.05, 4.69) is 12.0 Å². The molecule has 1 unspecified atom stereocenters. The summed E-state index contributed by atoms with van der Waals surface area (Å²) in [4.78, 5) is 0. The van der Waals surface area contributed by atoms with Gasteiger partial charge in [-0.25, -0.2) is 0 Å². The Kier molecular flexibility index (Phi) is 5.71. The van der Waals surface area contributed by atoms with Gasteiger partial charge in [0.05, 0.1) is 16.9 Å². The molecule has 1 aromatic rings. The summed E-state index contributed by atoms with van der Waals surface area (Å²) in [5.74, 6) is 0.763. The topological polar surface area (TPSA) is 43.8 Å². The second-order valence-corrected chi connectivity index (χ2v) is 6.21. The summed E-state index contributed by atoms with van der Waals surface area (Å²) in [6.07, 6.45) is 12.0. The first kappa shape index (κ1) is 14.9. The van der Waals surface area contributed by atoms with E-state index >= 15 is 0 Å². The lowest BCUT2D eigenvalue weighted by molar-refractivity contribution is 0.380. The molecule has 3 nitrogen and oxygen atoms in total. The Bertz CT molecular complexity index is 381. The average molecular weight is 284 g/mol. The maximum absolute atomic E-state index is 6.41. The molecule has 2 N–H and O–H groups in total. The molecule has 108 valence electrons. The van der Waals surface area contributed by atoms with Crippen LogP contribution in [0.25, 0.3) is 0 Å². The van der Waals surface area contributed by atoms with Crippen molar-refractivity contribution in [3.05, 3.63) is 16.9 Å². The fourth-order valence-electron chi connectivity index (χ4n) is 3.20. The third-order valence-corrected chi connectivity index (χ3v) is 4.47. The minimum absolute atomic E-state index is 0.0321. The fourth-order valence-corrected chi connectivity index (χ4v) is 3.48. The second-order valence-electron chi connectivity index (χ2n) is 5.80. The smallest absolute Gasteiger partial charge is 0.0834 e. The molecule has 1 aromatic heterocycles. The summed E-state index contributed by atoms with van der Waals surface area (Å²) < 4.78 is 1.99. The van der Waals surface area contributed by atoms with Gasteiger partial charge in [-0.1, -0.05) is 57.0 Å². The van der Waals surface area contributed by atoms with E-state index in [0.29, 0.717) is 0 Å². The lowest BCUT2D eigenvalue weighted by atomic mass is 9.91. The molecule has 0 amide bonds. The molecule has 4 heteroatoms. The van der Waals surface area contributed by atoms with Crippen LogP contribution >= 0.6 is 11.6 Å². The molecule has 1 saturated carbocycles. The zero-order valence-electron chi connectivity index (χ0n) is 11.9. The van der Waals surface area contributed by atoms with Crippen molar-refractivity contribution in [1.29, 1.82) is 0 Å². The maximum Gasteiger partial charge on any atom is 0.0834 e. The highest BCUT2D eigenvalue weighted by Gasteiger charge is 2.21. The number of nitrogens with zero attached hydrogens (tertiary/aromatic N) is 2. The van der Waals surface area contributed by atoms with Gasteiger partial charge in [-0.15, -0.1) is 0 Å². The van der Waals surface area contributed by atoms with Gasteiger partial charge in [-0.05, 0) is 18.8 Å². The SMILES string of the molecule is CCCn1ncc(Cl)c1C(N)CC1CCCCCC1. The standard InChI is InChI=1S/C15H26ClN3/c1-2-9-19-15(13(16)11-18-19)14(17)10-12-7-5-3-4-6-8-12/h11-12,14H,2-10,17H2,1H3. The summed E-state index contributed by atoms with van der Waals surface area (Å²) in [7, 11) is 0. The van der Waals surface area contributed by atoms with Crippen LogP contribution in [-0.4, -0.2) is 9.78 Å². The van der Waals surface area contributed by atoms with Gasteiger partial charge in [0.2, 0.25) is 0 Å². The predicted molar refractivity (Wildman–Crippen MR) is 80.3 cm³/mol. The lowest BCUT2D eigenvalue weighted by Crippen LogP contribution is -2.20. The molecule has 0 aromatic carbocycles. The molecule has 0 radical (unpaired) electrons. The van der Waals surface area contributed by atoms with E-state index in [4.69, 9.17) is 17.3 Å². The van der Waals surface area contributed by atoms with Gasteiger partial charge in [0.1, 0.15) is 0 Å². The zero-order valence-corrected chi connectivity index (χ0v) is 12.7. The largest absolute Gasteiger partial charge is 0.323 e. The Morgan fingerprint density at radius 2 is 2.05 bits per heavy atom. The molecule has 0 saturated heterocycles. The van der Waals surface area contributed by atoms with Crippen molar-refractivity contribution in [2.24, 2.45) is 11.7 Å². The van der Waals surface area contributed by atoms with Crippen LogP contribution in [0.2, 0.25) is 5.02 Å². The van der Waals surface area contributed by atoms with Crippen molar-refractivity contribution < 1.29 is 0 Å². The Labute approximate surface area is 121 Å². The first-order chi connectivity index (χ1) is 9.22. The number of aromatic nitrogens is 2. The summed E-state index contributed by atoms with van der Waals surface area (Å²) in [5.41, 5.74) is 7.44. The van der Waals surface area contributed by atoms with Crippen LogP contribution in [-0.2, 0) is 6.54 Å². The van der Waals surface area contributed by atoms with E-state index in [1.165, 1.54) is 38.5 Å². The minimum Gasteiger partial charge on any atom is -0.323 e. The minimum atomic E-state index is 0.0321. The van der Waals surface area contributed by atoms with Gasteiger partial charge >= 0.3 is 0 Å². The van der Waals surface area contributed by atoms with Crippen molar-refractivity contribution in [1.82, 2.24) is 9.78 Å². The molecule has 1 heterocycles. The van der Waals surface area contributed by atoms with E-state index in [1.807, 2.05) is 4.68 Å². The number of halogens is 1. The Morgan fingerprint density at radius 1 is 1.37 bits per heavy atom. The molecule has 0 spiro atoms.